The third-order valence-electron chi connectivity index (χ3n) is 3.07. The number of rotatable bonds is 4. The molecule has 0 amide bonds. The van der Waals surface area contributed by atoms with Crippen molar-refractivity contribution in [1.82, 2.24) is 4.98 Å². The van der Waals surface area contributed by atoms with E-state index in [0.717, 1.165) is 17.2 Å². The Labute approximate surface area is 118 Å². The van der Waals surface area contributed by atoms with Crippen LogP contribution in [0.3, 0.4) is 0 Å². The Morgan fingerprint density at radius 3 is 2.32 bits per heavy atom. The van der Waals surface area contributed by atoms with Gasteiger partial charge >= 0.3 is 0 Å². The van der Waals surface area contributed by atoms with E-state index in [0.29, 0.717) is 5.22 Å². The van der Waals surface area contributed by atoms with Crippen LogP contribution in [0.1, 0.15) is 34.2 Å². The number of thioether (sulfide) groups is 1. The maximum atomic E-state index is 6.24. The number of aryl methyl sites for hydroxylation is 4. The molecule has 3 nitrogen and oxygen atoms in total. The number of benzene rings is 1. The molecule has 0 saturated heterocycles. The van der Waals surface area contributed by atoms with Crippen LogP contribution in [0.2, 0.25) is 0 Å². The summed E-state index contributed by atoms with van der Waals surface area (Å²) >= 11 is 1.57. The maximum absolute atomic E-state index is 6.24. The van der Waals surface area contributed by atoms with E-state index in [1.54, 1.807) is 11.8 Å². The Bertz CT molecular complexity index is 538. The standard InChI is InChI=1S/C15H20N2OS/c1-9-5-10(2)7-13(6-9)14(16)8-19-15-17-11(3)12(4)18-15/h5-7,14H,8,16H2,1-4H3. The van der Waals surface area contributed by atoms with E-state index in [9.17, 15) is 0 Å². The van der Waals surface area contributed by atoms with E-state index in [-0.39, 0.29) is 6.04 Å². The molecular formula is C15H20N2OS. The Balaban J connectivity index is 2.02. The van der Waals surface area contributed by atoms with E-state index in [2.05, 4.69) is 37.0 Å². The lowest BCUT2D eigenvalue weighted by atomic mass is 10.0. The largest absolute Gasteiger partial charge is 0.437 e. The van der Waals surface area contributed by atoms with Crippen molar-refractivity contribution in [3.05, 3.63) is 46.3 Å². The summed E-state index contributed by atoms with van der Waals surface area (Å²) in [5, 5.41) is 0.704. The second-order valence-corrected chi connectivity index (χ2v) is 5.93. The molecule has 1 atom stereocenters. The van der Waals surface area contributed by atoms with Gasteiger partial charge in [0.1, 0.15) is 5.76 Å². The van der Waals surface area contributed by atoms with Gasteiger partial charge in [0.2, 0.25) is 0 Å². The summed E-state index contributed by atoms with van der Waals surface area (Å²) in [5.41, 5.74) is 10.9. The first kappa shape index (κ1) is 14.2. The zero-order valence-electron chi connectivity index (χ0n) is 11.9. The first-order valence-electron chi connectivity index (χ1n) is 6.36. The molecule has 2 rings (SSSR count). The van der Waals surface area contributed by atoms with Gasteiger partial charge in [0.25, 0.3) is 5.22 Å². The van der Waals surface area contributed by atoms with E-state index in [4.69, 9.17) is 10.2 Å². The number of oxazole rings is 1. The average Bonchev–Trinajstić information content (AvgIpc) is 2.64. The Kier molecular flexibility index (Phi) is 4.32. The SMILES string of the molecule is Cc1cc(C)cc(C(N)CSc2nc(C)c(C)o2)c1. The smallest absolute Gasteiger partial charge is 0.256 e. The predicted octanol–water partition coefficient (Wildman–Crippen LogP) is 3.70. The third-order valence-corrected chi connectivity index (χ3v) is 4.01. The number of nitrogens with two attached hydrogens (primary N) is 1. The molecule has 1 unspecified atom stereocenters. The quantitative estimate of drug-likeness (QED) is 0.865. The Hall–Kier alpha value is -1.26. The summed E-state index contributed by atoms with van der Waals surface area (Å²) < 4.78 is 5.54. The van der Waals surface area contributed by atoms with Crippen molar-refractivity contribution in [2.75, 3.05) is 5.75 Å². The van der Waals surface area contributed by atoms with Crippen molar-refractivity contribution in [3.63, 3.8) is 0 Å². The van der Waals surface area contributed by atoms with Crippen molar-refractivity contribution in [1.29, 1.82) is 0 Å². The predicted molar refractivity (Wildman–Crippen MR) is 79.5 cm³/mol. The summed E-state index contributed by atoms with van der Waals surface area (Å²) in [6.45, 7) is 8.07. The van der Waals surface area contributed by atoms with Gasteiger partial charge in [-0.3, -0.25) is 0 Å². The average molecular weight is 276 g/mol. The van der Waals surface area contributed by atoms with Crippen molar-refractivity contribution in [3.8, 4) is 0 Å². The highest BCUT2D eigenvalue weighted by atomic mass is 32.2. The minimum Gasteiger partial charge on any atom is -0.437 e. The van der Waals surface area contributed by atoms with Gasteiger partial charge in [0.15, 0.2) is 0 Å². The van der Waals surface area contributed by atoms with Crippen molar-refractivity contribution < 1.29 is 4.42 Å². The number of hydrogen-bond donors (Lipinski definition) is 1. The number of hydrogen-bond acceptors (Lipinski definition) is 4. The highest BCUT2D eigenvalue weighted by Gasteiger charge is 2.11. The highest BCUT2D eigenvalue weighted by Crippen LogP contribution is 2.25. The van der Waals surface area contributed by atoms with Crippen LogP contribution in [-0.4, -0.2) is 10.7 Å². The lowest BCUT2D eigenvalue weighted by molar-refractivity contribution is 0.431. The van der Waals surface area contributed by atoms with Gasteiger partial charge in [0, 0.05) is 11.8 Å². The molecule has 1 aromatic heterocycles. The molecular weight excluding hydrogens is 256 g/mol. The van der Waals surface area contributed by atoms with Crippen LogP contribution in [0.5, 0.6) is 0 Å². The zero-order chi connectivity index (χ0) is 14.0. The molecule has 1 aromatic carbocycles. The van der Waals surface area contributed by atoms with Crippen LogP contribution in [0.4, 0.5) is 0 Å². The zero-order valence-corrected chi connectivity index (χ0v) is 12.7. The number of nitrogens with zero attached hydrogens (tertiary/aromatic N) is 1. The first-order chi connectivity index (χ1) is 8.95. The molecule has 0 spiro atoms. The van der Waals surface area contributed by atoms with Gasteiger partial charge in [-0.15, -0.1) is 0 Å². The first-order valence-corrected chi connectivity index (χ1v) is 7.35. The van der Waals surface area contributed by atoms with Crippen LogP contribution in [0, 0.1) is 27.7 Å². The minimum absolute atomic E-state index is 0.00360. The normalized spacial score (nSPS) is 12.7. The summed E-state index contributed by atoms with van der Waals surface area (Å²) in [6.07, 6.45) is 0. The molecule has 1 heterocycles. The Morgan fingerprint density at radius 1 is 1.16 bits per heavy atom. The molecule has 0 radical (unpaired) electrons. The summed E-state index contributed by atoms with van der Waals surface area (Å²) in [5.74, 6) is 1.64. The molecule has 0 aliphatic rings. The van der Waals surface area contributed by atoms with Gasteiger partial charge in [-0.2, -0.15) is 0 Å². The minimum atomic E-state index is -0.00360. The lowest BCUT2D eigenvalue weighted by Crippen LogP contribution is -2.13. The molecule has 19 heavy (non-hydrogen) atoms. The molecule has 2 aromatic rings. The van der Waals surface area contributed by atoms with Gasteiger partial charge in [0.05, 0.1) is 5.69 Å². The number of aromatic nitrogens is 1. The van der Waals surface area contributed by atoms with Crippen LogP contribution in [0.25, 0.3) is 0 Å². The molecule has 2 N–H and O–H groups in total. The van der Waals surface area contributed by atoms with Gasteiger partial charge in [-0.1, -0.05) is 41.1 Å². The second-order valence-electron chi connectivity index (χ2n) is 4.96. The van der Waals surface area contributed by atoms with Crippen molar-refractivity contribution >= 4 is 11.8 Å². The van der Waals surface area contributed by atoms with Crippen LogP contribution in [0.15, 0.2) is 27.8 Å². The molecule has 102 valence electrons. The molecule has 0 aliphatic carbocycles. The summed E-state index contributed by atoms with van der Waals surface area (Å²) in [6, 6.07) is 6.44. The van der Waals surface area contributed by atoms with Gasteiger partial charge in [-0.25, -0.2) is 4.98 Å². The fourth-order valence-corrected chi connectivity index (χ4v) is 2.89. The van der Waals surface area contributed by atoms with E-state index >= 15 is 0 Å². The van der Waals surface area contributed by atoms with Crippen LogP contribution < -0.4 is 5.73 Å². The third kappa shape index (κ3) is 3.61. The van der Waals surface area contributed by atoms with E-state index in [1.165, 1.54) is 16.7 Å². The molecule has 0 fully saturated rings. The van der Waals surface area contributed by atoms with Crippen molar-refractivity contribution in [2.24, 2.45) is 5.73 Å². The molecule has 0 aliphatic heterocycles. The van der Waals surface area contributed by atoms with E-state index in [1.807, 2.05) is 13.8 Å². The molecule has 0 saturated carbocycles. The fraction of sp³-hybridized carbons (Fsp3) is 0.400. The van der Waals surface area contributed by atoms with Crippen molar-refractivity contribution in [2.45, 2.75) is 39.0 Å². The van der Waals surface area contributed by atoms with E-state index < -0.39 is 0 Å². The van der Waals surface area contributed by atoms with Crippen LogP contribution >= 0.6 is 11.8 Å². The summed E-state index contributed by atoms with van der Waals surface area (Å²) in [4.78, 5) is 4.35. The lowest BCUT2D eigenvalue weighted by Gasteiger charge is -2.12. The Morgan fingerprint density at radius 2 is 1.79 bits per heavy atom. The maximum Gasteiger partial charge on any atom is 0.256 e. The summed E-state index contributed by atoms with van der Waals surface area (Å²) in [7, 11) is 0. The second kappa shape index (κ2) is 5.80. The molecule has 0 bridgehead atoms. The fourth-order valence-electron chi connectivity index (χ4n) is 1.99. The monoisotopic (exact) mass is 276 g/mol. The molecule has 4 heteroatoms. The van der Waals surface area contributed by atoms with Gasteiger partial charge in [-0.05, 0) is 33.3 Å². The van der Waals surface area contributed by atoms with Gasteiger partial charge < -0.3 is 10.2 Å². The van der Waals surface area contributed by atoms with Crippen LogP contribution in [-0.2, 0) is 0 Å². The topological polar surface area (TPSA) is 52.0 Å². The highest BCUT2D eigenvalue weighted by molar-refractivity contribution is 7.99.